The topological polar surface area (TPSA) is 74.6 Å². The minimum absolute atomic E-state index is 0.0954. The lowest BCUT2D eigenvalue weighted by molar-refractivity contribution is -0.694. The summed E-state index contributed by atoms with van der Waals surface area (Å²) >= 11 is 2.79. The van der Waals surface area contributed by atoms with Gasteiger partial charge in [-0.05, 0) is 35.8 Å². The number of aryl methyl sites for hydroxylation is 1. The van der Waals surface area contributed by atoms with E-state index < -0.39 is 0 Å². The lowest BCUT2D eigenvalue weighted by atomic mass is 10.3. The molecule has 0 aliphatic carbocycles. The lowest BCUT2D eigenvalue weighted by Crippen LogP contribution is -2.35. The van der Waals surface area contributed by atoms with E-state index >= 15 is 0 Å². The number of carbonyl (C=O) groups excluding carboxylic acids is 1. The van der Waals surface area contributed by atoms with Crippen LogP contribution in [-0.4, -0.2) is 26.7 Å². The molecule has 22 heavy (non-hydrogen) atoms. The minimum Gasteiger partial charge on any atom is -0.301 e. The smallest absolute Gasteiger partial charge is 0.301 e. The van der Waals surface area contributed by atoms with Crippen LogP contribution in [0.5, 0.6) is 0 Å². The van der Waals surface area contributed by atoms with Gasteiger partial charge in [0.1, 0.15) is 0 Å². The minimum atomic E-state index is -0.0954. The molecule has 1 amide bonds. The summed E-state index contributed by atoms with van der Waals surface area (Å²) in [5.41, 5.74) is 1.88. The summed E-state index contributed by atoms with van der Waals surface area (Å²) in [7, 11) is 0. The third kappa shape index (κ3) is 3.52. The average molecular weight is 332 g/mol. The summed E-state index contributed by atoms with van der Waals surface area (Å²) in [4.78, 5) is 20.4. The zero-order valence-electron chi connectivity index (χ0n) is 11.8. The van der Waals surface area contributed by atoms with Gasteiger partial charge in [-0.15, -0.1) is 16.0 Å². The summed E-state index contributed by atoms with van der Waals surface area (Å²) in [5, 5.41) is 9.09. The van der Waals surface area contributed by atoms with Crippen LogP contribution in [0.4, 0.5) is 5.13 Å². The van der Waals surface area contributed by atoms with Crippen LogP contribution in [0.3, 0.4) is 0 Å². The normalized spacial score (nSPS) is 10.6. The molecule has 2 aromatic heterocycles. The van der Waals surface area contributed by atoms with Crippen molar-refractivity contribution in [1.82, 2.24) is 15.1 Å². The van der Waals surface area contributed by atoms with Gasteiger partial charge in [-0.2, -0.15) is 5.10 Å². The number of thiazole rings is 1. The van der Waals surface area contributed by atoms with Crippen LogP contribution >= 0.6 is 23.1 Å². The molecule has 0 aliphatic heterocycles. The number of H-pyrrole nitrogens is 1. The number of rotatable bonds is 5. The number of aromatic amines is 1. The van der Waals surface area contributed by atoms with Crippen molar-refractivity contribution >= 4 is 34.1 Å². The molecule has 0 radical (unpaired) electrons. The second-order valence-electron chi connectivity index (χ2n) is 4.47. The number of hydrogen-bond donors (Lipinski definition) is 2. The number of hydrogen-bond acceptors (Lipinski definition) is 5. The van der Waals surface area contributed by atoms with E-state index in [1.165, 1.54) is 23.1 Å². The number of nitrogens with one attached hydrogen (secondary N) is 2. The Morgan fingerprint density at radius 3 is 2.95 bits per heavy atom. The second kappa shape index (κ2) is 6.71. The fourth-order valence-corrected chi connectivity index (χ4v) is 3.27. The van der Waals surface area contributed by atoms with E-state index in [2.05, 4.69) is 20.4 Å². The number of aromatic nitrogens is 4. The number of para-hydroxylation sites is 1. The number of carbonyl (C=O) groups is 1. The maximum absolute atomic E-state index is 12.0. The third-order valence-electron chi connectivity index (χ3n) is 2.77. The molecule has 0 saturated heterocycles. The summed E-state index contributed by atoms with van der Waals surface area (Å²) in [5.74, 6) is 0.179. The molecule has 0 unspecified atom stereocenters. The van der Waals surface area contributed by atoms with E-state index in [0.717, 1.165) is 16.5 Å². The monoisotopic (exact) mass is 332 g/mol. The quantitative estimate of drug-likeness (QED) is 0.555. The van der Waals surface area contributed by atoms with Crippen LogP contribution in [0.2, 0.25) is 0 Å². The van der Waals surface area contributed by atoms with Crippen molar-refractivity contribution < 1.29 is 9.48 Å². The molecule has 2 N–H and O–H groups in total. The number of benzene rings is 1. The molecule has 0 spiro atoms. The molecule has 3 aromatic rings. The number of anilines is 1. The lowest BCUT2D eigenvalue weighted by Gasteiger charge is -1.99. The van der Waals surface area contributed by atoms with Gasteiger partial charge in [0.2, 0.25) is 12.2 Å². The van der Waals surface area contributed by atoms with E-state index in [9.17, 15) is 4.79 Å². The van der Waals surface area contributed by atoms with Crippen molar-refractivity contribution in [2.24, 2.45) is 0 Å². The molecule has 8 heteroatoms. The molecule has 0 atom stereocenters. The van der Waals surface area contributed by atoms with Gasteiger partial charge >= 0.3 is 5.16 Å². The van der Waals surface area contributed by atoms with Gasteiger partial charge in [-0.3, -0.25) is 4.79 Å². The Morgan fingerprint density at radius 1 is 1.41 bits per heavy atom. The first kappa shape index (κ1) is 14.7. The van der Waals surface area contributed by atoms with Crippen LogP contribution in [0.15, 0.2) is 47.2 Å². The van der Waals surface area contributed by atoms with Gasteiger partial charge in [0.25, 0.3) is 0 Å². The van der Waals surface area contributed by atoms with Crippen LogP contribution in [0.1, 0.15) is 5.69 Å². The van der Waals surface area contributed by atoms with Crippen molar-refractivity contribution in [3.05, 3.63) is 47.7 Å². The molecular weight excluding hydrogens is 318 g/mol. The summed E-state index contributed by atoms with van der Waals surface area (Å²) < 4.78 is 1.84. The zero-order chi connectivity index (χ0) is 15.4. The Labute approximate surface area is 135 Å². The van der Waals surface area contributed by atoms with E-state index in [-0.39, 0.29) is 11.7 Å². The molecule has 2 heterocycles. The average Bonchev–Trinajstić information content (AvgIpc) is 3.15. The summed E-state index contributed by atoms with van der Waals surface area (Å²) in [6.45, 7) is 1.90. The highest BCUT2D eigenvalue weighted by Gasteiger charge is 2.18. The van der Waals surface area contributed by atoms with Crippen LogP contribution in [0, 0.1) is 6.92 Å². The first-order valence-corrected chi connectivity index (χ1v) is 8.44. The van der Waals surface area contributed by atoms with Gasteiger partial charge in [-0.1, -0.05) is 18.2 Å². The third-order valence-corrected chi connectivity index (χ3v) is 4.59. The van der Waals surface area contributed by atoms with Gasteiger partial charge in [0, 0.05) is 5.38 Å². The van der Waals surface area contributed by atoms with Crippen molar-refractivity contribution in [2.45, 2.75) is 12.1 Å². The molecule has 0 aliphatic rings. The standard InChI is InChI=1S/C14H13N5OS2/c1-10-7-21-13(17-10)18-12(20)8-22-14-15-9-16-19(14)11-5-3-2-4-6-11/h2-7,9H,8H2,1H3,(H,17,18,20)/p+1. The molecule has 6 nitrogen and oxygen atoms in total. The molecule has 0 saturated carbocycles. The highest BCUT2D eigenvalue weighted by atomic mass is 32.2. The number of thioether (sulfide) groups is 1. The number of nitrogens with zero attached hydrogens (tertiary/aromatic N) is 3. The van der Waals surface area contributed by atoms with Crippen molar-refractivity contribution in [1.29, 1.82) is 0 Å². The van der Waals surface area contributed by atoms with Crippen LogP contribution in [-0.2, 0) is 4.79 Å². The molecule has 1 aromatic carbocycles. The van der Waals surface area contributed by atoms with E-state index in [1.54, 1.807) is 6.33 Å². The van der Waals surface area contributed by atoms with Gasteiger partial charge in [-0.25, -0.2) is 4.98 Å². The fourth-order valence-electron chi connectivity index (χ4n) is 1.82. The van der Waals surface area contributed by atoms with Gasteiger partial charge in [0.15, 0.2) is 10.8 Å². The Morgan fingerprint density at radius 2 is 2.23 bits per heavy atom. The molecule has 112 valence electrons. The largest absolute Gasteiger partial charge is 0.385 e. The van der Waals surface area contributed by atoms with E-state index in [0.29, 0.717) is 5.13 Å². The fraction of sp³-hybridized carbons (Fsp3) is 0.143. The predicted octanol–water partition coefficient (Wildman–Crippen LogP) is 2.18. The van der Waals surface area contributed by atoms with Crippen molar-refractivity contribution in [3.8, 4) is 5.69 Å². The Balaban J connectivity index is 1.63. The zero-order valence-corrected chi connectivity index (χ0v) is 13.4. The Bertz CT molecular complexity index is 768. The first-order chi connectivity index (χ1) is 10.7. The first-order valence-electron chi connectivity index (χ1n) is 6.58. The predicted molar refractivity (Wildman–Crippen MR) is 86.3 cm³/mol. The van der Waals surface area contributed by atoms with Gasteiger partial charge < -0.3 is 5.32 Å². The Kier molecular flexibility index (Phi) is 4.50. The molecule has 3 rings (SSSR count). The van der Waals surface area contributed by atoms with Crippen LogP contribution < -0.4 is 10.00 Å². The maximum Gasteiger partial charge on any atom is 0.385 e. The summed E-state index contributed by atoms with van der Waals surface area (Å²) in [6.07, 6.45) is 1.61. The molecular formula is C14H14N5OS2+. The highest BCUT2D eigenvalue weighted by molar-refractivity contribution is 7.99. The van der Waals surface area contributed by atoms with Crippen LogP contribution in [0.25, 0.3) is 5.69 Å². The maximum atomic E-state index is 12.0. The second-order valence-corrected chi connectivity index (χ2v) is 6.27. The van der Waals surface area contributed by atoms with E-state index in [1.807, 2.05) is 47.3 Å². The van der Waals surface area contributed by atoms with Gasteiger partial charge in [0.05, 0.1) is 11.4 Å². The van der Waals surface area contributed by atoms with Crippen molar-refractivity contribution in [3.63, 3.8) is 0 Å². The molecule has 0 fully saturated rings. The van der Waals surface area contributed by atoms with Crippen molar-refractivity contribution in [2.75, 3.05) is 11.1 Å². The highest BCUT2D eigenvalue weighted by Crippen LogP contribution is 2.16. The Hall–Kier alpha value is -2.19. The SMILES string of the molecule is Cc1csc(NC(=O)CSc2nc[nH][n+]2-c2ccccc2)n1. The number of amides is 1. The van der Waals surface area contributed by atoms with E-state index in [4.69, 9.17) is 0 Å². The molecule has 0 bridgehead atoms. The summed E-state index contributed by atoms with van der Waals surface area (Å²) in [6, 6.07) is 9.81.